The Kier molecular flexibility index (Phi) is 6.04. The van der Waals surface area contributed by atoms with Crippen LogP contribution in [0.5, 0.6) is 0 Å². The largest absolute Gasteiger partial charge is 0.464 e. The second kappa shape index (κ2) is 9.50. The fraction of sp³-hybridized carbons (Fsp3) is 0.385. The van der Waals surface area contributed by atoms with E-state index in [4.69, 9.17) is 15.1 Å². The molecule has 0 saturated carbocycles. The van der Waals surface area contributed by atoms with Gasteiger partial charge in [-0.1, -0.05) is 11.8 Å². The summed E-state index contributed by atoms with van der Waals surface area (Å²) in [4.78, 5) is 28.3. The lowest BCUT2D eigenvalue weighted by molar-refractivity contribution is -0.130. The third-order valence-corrected chi connectivity index (χ3v) is 8.30. The number of aryl methyl sites for hydroxylation is 1. The first-order valence-corrected chi connectivity index (χ1v) is 13.2. The fourth-order valence-corrected chi connectivity index (χ4v) is 6.26. The third-order valence-electron chi connectivity index (χ3n) is 7.25. The first-order chi connectivity index (χ1) is 17.6. The Morgan fingerprint density at radius 1 is 1.28 bits per heavy atom. The first-order valence-electron chi connectivity index (χ1n) is 12.4. The number of anilines is 2. The molecule has 9 nitrogen and oxygen atoms in total. The van der Waals surface area contributed by atoms with Crippen LogP contribution in [0.1, 0.15) is 31.7 Å². The van der Waals surface area contributed by atoms with Crippen molar-refractivity contribution in [3.05, 3.63) is 42.4 Å². The van der Waals surface area contributed by atoms with Crippen LogP contribution in [0, 0.1) is 5.92 Å². The van der Waals surface area contributed by atoms with E-state index in [1.807, 2.05) is 17.0 Å². The highest BCUT2D eigenvalue weighted by Crippen LogP contribution is 2.41. The maximum atomic E-state index is 11.7. The van der Waals surface area contributed by atoms with E-state index in [-0.39, 0.29) is 5.91 Å². The number of carbonyl (C=O) groups is 1. The Morgan fingerprint density at radius 3 is 2.92 bits per heavy atom. The lowest BCUT2D eigenvalue weighted by Gasteiger charge is -2.31. The second-order valence-electron chi connectivity index (χ2n) is 9.48. The fourth-order valence-electron chi connectivity index (χ4n) is 5.20. The van der Waals surface area contributed by atoms with Crippen molar-refractivity contribution in [2.24, 2.45) is 5.92 Å². The van der Waals surface area contributed by atoms with Crippen molar-refractivity contribution in [1.29, 1.82) is 0 Å². The van der Waals surface area contributed by atoms with Gasteiger partial charge in [0.05, 0.1) is 6.26 Å². The number of nitrogens with one attached hydrogen (secondary N) is 1. The zero-order valence-electron chi connectivity index (χ0n) is 20.2. The summed E-state index contributed by atoms with van der Waals surface area (Å²) >= 11 is 1.61. The van der Waals surface area contributed by atoms with Crippen LogP contribution in [0.25, 0.3) is 22.5 Å². The highest BCUT2D eigenvalue weighted by atomic mass is 32.2. The van der Waals surface area contributed by atoms with E-state index < -0.39 is 0 Å². The van der Waals surface area contributed by atoms with Crippen LogP contribution in [0.3, 0.4) is 0 Å². The number of aromatic nitrogens is 4. The van der Waals surface area contributed by atoms with Gasteiger partial charge in [-0.2, -0.15) is 0 Å². The second-order valence-corrected chi connectivity index (χ2v) is 10.5. The molecule has 3 N–H and O–H groups in total. The van der Waals surface area contributed by atoms with Gasteiger partial charge in [0.1, 0.15) is 12.1 Å². The quantitative estimate of drug-likeness (QED) is 0.397. The molecule has 6 rings (SSSR count). The monoisotopic (exact) mass is 503 g/mol. The van der Waals surface area contributed by atoms with E-state index in [0.29, 0.717) is 17.3 Å². The number of fused-ring (bicyclic) bond motifs is 2. The molecule has 10 heteroatoms. The number of nitrogens with zero attached hydrogens (tertiary/aromatic N) is 5. The summed E-state index contributed by atoms with van der Waals surface area (Å²) in [5.41, 5.74) is 11.1. The molecule has 3 aromatic heterocycles. The van der Waals surface area contributed by atoms with E-state index in [1.54, 1.807) is 24.9 Å². The molecule has 5 heterocycles. The highest BCUT2D eigenvalue weighted by Gasteiger charge is 2.24. The Labute approximate surface area is 213 Å². The topological polar surface area (TPSA) is 115 Å². The maximum Gasteiger partial charge on any atom is 0.219 e. The van der Waals surface area contributed by atoms with Crippen LogP contribution >= 0.6 is 11.8 Å². The number of benzene rings is 1. The van der Waals surface area contributed by atoms with E-state index in [9.17, 15) is 4.79 Å². The van der Waals surface area contributed by atoms with E-state index >= 15 is 0 Å². The number of imidazole rings is 1. The molecule has 0 bridgehead atoms. The molecule has 36 heavy (non-hydrogen) atoms. The number of nitrogens with two attached hydrogens (primary N) is 1. The SMILES string of the molecule is CC(=O)N1CCC(CCn2c(Sc3cc4c(cc3-c3ccco3)CCN4)nc3c(N)ncnc32)CC1. The smallest absolute Gasteiger partial charge is 0.219 e. The van der Waals surface area contributed by atoms with Crippen LogP contribution in [0.4, 0.5) is 11.5 Å². The normalized spacial score (nSPS) is 15.9. The highest BCUT2D eigenvalue weighted by molar-refractivity contribution is 7.99. The molecular weight excluding hydrogens is 474 g/mol. The lowest BCUT2D eigenvalue weighted by Crippen LogP contribution is -2.37. The van der Waals surface area contributed by atoms with Gasteiger partial charge < -0.3 is 24.9 Å². The van der Waals surface area contributed by atoms with Crippen molar-refractivity contribution in [3.8, 4) is 11.3 Å². The molecule has 0 radical (unpaired) electrons. The van der Waals surface area contributed by atoms with Crippen LogP contribution in [-0.4, -0.2) is 50.0 Å². The first kappa shape index (κ1) is 22.9. The number of carbonyl (C=O) groups excluding carboxylic acids is 1. The Morgan fingerprint density at radius 2 is 2.14 bits per heavy atom. The van der Waals surface area contributed by atoms with Gasteiger partial charge in [-0.3, -0.25) is 4.79 Å². The van der Waals surface area contributed by atoms with Gasteiger partial charge in [0.2, 0.25) is 5.91 Å². The minimum absolute atomic E-state index is 0.163. The molecule has 2 aliphatic rings. The Hall–Kier alpha value is -3.53. The van der Waals surface area contributed by atoms with Crippen LogP contribution < -0.4 is 11.1 Å². The van der Waals surface area contributed by atoms with E-state index in [1.165, 1.54) is 11.9 Å². The zero-order chi connectivity index (χ0) is 24.6. The summed E-state index contributed by atoms with van der Waals surface area (Å²) in [5.74, 6) is 1.94. The molecule has 4 aromatic rings. The van der Waals surface area contributed by atoms with Crippen LogP contribution in [-0.2, 0) is 17.8 Å². The zero-order valence-corrected chi connectivity index (χ0v) is 21.1. The number of furan rings is 1. The van der Waals surface area contributed by atoms with Gasteiger partial charge in [-0.05, 0) is 61.4 Å². The summed E-state index contributed by atoms with van der Waals surface area (Å²) in [6.07, 6.45) is 7.24. The number of amides is 1. The van der Waals surface area contributed by atoms with Crippen molar-refractivity contribution in [2.75, 3.05) is 30.7 Å². The molecule has 0 atom stereocenters. The summed E-state index contributed by atoms with van der Waals surface area (Å²) in [6, 6.07) is 8.33. The molecule has 0 unspecified atom stereocenters. The van der Waals surface area contributed by atoms with Crippen molar-refractivity contribution in [2.45, 2.75) is 49.2 Å². The lowest BCUT2D eigenvalue weighted by atomic mass is 9.93. The molecule has 0 aliphatic carbocycles. The molecule has 2 aliphatic heterocycles. The van der Waals surface area contributed by atoms with Gasteiger partial charge in [-0.15, -0.1) is 0 Å². The molecule has 1 aromatic carbocycles. The van der Waals surface area contributed by atoms with Gasteiger partial charge in [-0.25, -0.2) is 15.0 Å². The van der Waals surface area contributed by atoms with Crippen LogP contribution in [0.2, 0.25) is 0 Å². The number of hydrogen-bond acceptors (Lipinski definition) is 8. The Bertz CT molecular complexity index is 1410. The van der Waals surface area contributed by atoms with Gasteiger partial charge in [0.15, 0.2) is 22.1 Å². The molecule has 1 amide bonds. The number of rotatable bonds is 6. The maximum absolute atomic E-state index is 11.7. The predicted molar refractivity (Wildman–Crippen MR) is 140 cm³/mol. The summed E-state index contributed by atoms with van der Waals surface area (Å²) in [6.45, 7) is 5.02. The van der Waals surface area contributed by atoms with Gasteiger partial charge in [0, 0.05) is 49.2 Å². The number of likely N-dealkylation sites (tertiary alicyclic amines) is 1. The van der Waals surface area contributed by atoms with E-state index in [0.717, 1.165) is 84.6 Å². The third kappa shape index (κ3) is 4.30. The molecule has 186 valence electrons. The minimum atomic E-state index is 0.163. The summed E-state index contributed by atoms with van der Waals surface area (Å²) in [5, 5.41) is 4.32. The standard InChI is InChI=1S/C26H29N7O2S/c1-16(34)32-9-5-17(6-10-32)7-11-33-25-23(24(27)29-15-30-25)31-26(33)36-22-14-20-18(4-8-28-20)13-19(22)21-3-2-12-35-21/h2-3,12-15,17,28H,4-11H2,1H3,(H2,27,29,30). The number of hydrogen-bond donors (Lipinski definition) is 2. The van der Waals surface area contributed by atoms with Crippen molar-refractivity contribution < 1.29 is 9.21 Å². The average molecular weight is 504 g/mol. The molecule has 1 fully saturated rings. The predicted octanol–water partition coefficient (Wildman–Crippen LogP) is 4.44. The van der Waals surface area contributed by atoms with Crippen molar-refractivity contribution >= 4 is 40.3 Å². The van der Waals surface area contributed by atoms with Crippen LogP contribution in [0.15, 0.2) is 51.3 Å². The van der Waals surface area contributed by atoms with Crippen molar-refractivity contribution in [1.82, 2.24) is 24.4 Å². The molecular formula is C26H29N7O2S. The Balaban J connectivity index is 1.33. The molecule has 1 saturated heterocycles. The number of nitrogen functional groups attached to an aromatic ring is 1. The summed E-state index contributed by atoms with van der Waals surface area (Å²) in [7, 11) is 0. The van der Waals surface area contributed by atoms with Gasteiger partial charge in [0.25, 0.3) is 0 Å². The molecule has 0 spiro atoms. The average Bonchev–Trinajstić information content (AvgIpc) is 3.63. The van der Waals surface area contributed by atoms with E-state index in [2.05, 4.69) is 32.0 Å². The number of piperidine rings is 1. The minimum Gasteiger partial charge on any atom is -0.464 e. The van der Waals surface area contributed by atoms with Crippen molar-refractivity contribution in [3.63, 3.8) is 0 Å². The summed E-state index contributed by atoms with van der Waals surface area (Å²) < 4.78 is 7.96. The van der Waals surface area contributed by atoms with Gasteiger partial charge >= 0.3 is 0 Å².